The zero-order valence-electron chi connectivity index (χ0n) is 14.6. The lowest BCUT2D eigenvalue weighted by atomic mass is 9.85. The number of nitrogens with one attached hydrogen (secondary N) is 2. The minimum absolute atomic E-state index is 0.0649. The maximum Gasteiger partial charge on any atom is 0.254 e. The Hall–Kier alpha value is -1.93. The number of carbonyl (C=O) groups excluding carboxylic acids is 1. The molecule has 1 aliphatic heterocycles. The van der Waals surface area contributed by atoms with Crippen molar-refractivity contribution in [3.8, 4) is 0 Å². The highest BCUT2D eigenvalue weighted by molar-refractivity contribution is 5.97. The summed E-state index contributed by atoms with van der Waals surface area (Å²) in [6.45, 7) is 3.50. The van der Waals surface area contributed by atoms with Gasteiger partial charge in [0.05, 0.1) is 11.7 Å². The molecular formula is C17H27N5O3. The van der Waals surface area contributed by atoms with Crippen LogP contribution in [0.25, 0.3) is 0 Å². The van der Waals surface area contributed by atoms with Crippen molar-refractivity contribution in [2.24, 2.45) is 11.7 Å². The first-order valence-corrected chi connectivity index (χ1v) is 8.98. The normalized spacial score (nSPS) is 27.7. The van der Waals surface area contributed by atoms with Crippen molar-refractivity contribution in [2.75, 3.05) is 23.8 Å². The van der Waals surface area contributed by atoms with Crippen molar-refractivity contribution in [2.45, 2.75) is 57.2 Å². The molecule has 3 atom stereocenters. The summed E-state index contributed by atoms with van der Waals surface area (Å²) in [5, 5.41) is 16.7. The molecule has 8 heteroatoms. The molecule has 0 radical (unpaired) electrons. The third kappa shape index (κ3) is 4.58. The second-order valence-corrected chi connectivity index (χ2v) is 7.05. The van der Waals surface area contributed by atoms with E-state index in [0.717, 1.165) is 38.9 Å². The minimum Gasteiger partial charge on any atom is -0.393 e. The highest BCUT2D eigenvalue weighted by atomic mass is 16.5. The molecule has 0 unspecified atom stereocenters. The molecule has 1 saturated carbocycles. The van der Waals surface area contributed by atoms with Crippen molar-refractivity contribution < 1.29 is 14.6 Å². The number of rotatable bonds is 5. The second kappa shape index (κ2) is 7.97. The molecule has 3 rings (SSSR count). The molecule has 5 N–H and O–H groups in total. The quantitative estimate of drug-likeness (QED) is 0.628. The summed E-state index contributed by atoms with van der Waals surface area (Å²) in [7, 11) is 0. The number of hydrogen-bond acceptors (Lipinski definition) is 7. The molecule has 2 aliphatic rings. The molecule has 25 heavy (non-hydrogen) atoms. The Balaban J connectivity index is 1.73. The van der Waals surface area contributed by atoms with Crippen molar-refractivity contribution in [3.05, 3.63) is 11.8 Å². The number of ether oxygens (including phenoxy) is 1. The zero-order chi connectivity index (χ0) is 17.8. The molecule has 8 nitrogen and oxygen atoms in total. The van der Waals surface area contributed by atoms with Gasteiger partial charge in [0.1, 0.15) is 5.82 Å². The summed E-state index contributed by atoms with van der Waals surface area (Å²) in [5.74, 6) is 0.641. The molecule has 0 bridgehead atoms. The number of hydrogen-bond donors (Lipinski definition) is 4. The maximum absolute atomic E-state index is 11.7. The first-order chi connectivity index (χ1) is 12.0. The lowest BCUT2D eigenvalue weighted by molar-refractivity contribution is 0.0739. The lowest BCUT2D eigenvalue weighted by Gasteiger charge is -2.32. The fourth-order valence-electron chi connectivity index (χ4n) is 3.39. The van der Waals surface area contributed by atoms with E-state index < -0.39 is 5.91 Å². The van der Waals surface area contributed by atoms with Gasteiger partial charge in [-0.2, -0.15) is 4.98 Å². The van der Waals surface area contributed by atoms with E-state index in [-0.39, 0.29) is 23.8 Å². The standard InChI is InChI=1S/C17H27N5O3/c1-10-2-3-12(8-14(10)23)20-16-13(15(18)24)9-19-17(22-16)21-11-4-6-25-7-5-11/h9-12,14,23H,2-8H2,1H3,(H2,18,24)(H2,19,20,21,22)/t10-,12-,14-/m1/s1. The number of carbonyl (C=O) groups is 1. The minimum atomic E-state index is -0.565. The summed E-state index contributed by atoms with van der Waals surface area (Å²) in [5.41, 5.74) is 5.73. The van der Waals surface area contributed by atoms with Crippen molar-refractivity contribution >= 4 is 17.7 Å². The van der Waals surface area contributed by atoms with Crippen molar-refractivity contribution in [3.63, 3.8) is 0 Å². The summed E-state index contributed by atoms with van der Waals surface area (Å²) < 4.78 is 5.35. The molecule has 0 spiro atoms. The average Bonchev–Trinajstić information content (AvgIpc) is 2.59. The van der Waals surface area contributed by atoms with Crippen LogP contribution in [0.4, 0.5) is 11.8 Å². The van der Waals surface area contributed by atoms with Gasteiger partial charge in [0, 0.05) is 31.5 Å². The summed E-state index contributed by atoms with van der Waals surface area (Å²) in [6, 6.07) is 0.327. The van der Waals surface area contributed by atoms with Crippen molar-refractivity contribution in [1.82, 2.24) is 9.97 Å². The predicted molar refractivity (Wildman–Crippen MR) is 94.4 cm³/mol. The number of nitrogens with zero attached hydrogens (tertiary/aromatic N) is 2. The van der Waals surface area contributed by atoms with E-state index >= 15 is 0 Å². The van der Waals surface area contributed by atoms with Gasteiger partial charge in [-0.05, 0) is 38.0 Å². The largest absolute Gasteiger partial charge is 0.393 e. The van der Waals surface area contributed by atoms with Crippen LogP contribution in [-0.2, 0) is 4.74 Å². The number of aliphatic hydroxyl groups excluding tert-OH is 1. The van der Waals surface area contributed by atoms with Gasteiger partial charge in [-0.3, -0.25) is 4.79 Å². The van der Waals surface area contributed by atoms with Gasteiger partial charge in [-0.15, -0.1) is 0 Å². The van der Waals surface area contributed by atoms with Gasteiger partial charge in [0.15, 0.2) is 0 Å². The summed E-state index contributed by atoms with van der Waals surface area (Å²) >= 11 is 0. The second-order valence-electron chi connectivity index (χ2n) is 7.05. The summed E-state index contributed by atoms with van der Waals surface area (Å²) in [4.78, 5) is 20.4. The molecule has 138 valence electrons. The van der Waals surface area contributed by atoms with Gasteiger partial charge in [-0.25, -0.2) is 4.98 Å². The Morgan fingerprint density at radius 1 is 1.24 bits per heavy atom. The molecule has 1 saturated heterocycles. The highest BCUT2D eigenvalue weighted by Crippen LogP contribution is 2.27. The van der Waals surface area contributed by atoms with Gasteiger partial charge < -0.3 is 26.2 Å². The van der Waals surface area contributed by atoms with E-state index in [1.54, 1.807) is 0 Å². The number of nitrogens with two attached hydrogens (primary N) is 1. The molecule has 2 heterocycles. The van der Waals surface area contributed by atoms with Gasteiger partial charge in [0.25, 0.3) is 5.91 Å². The SMILES string of the molecule is C[C@@H]1CC[C@@H](Nc2nc(NC3CCOCC3)ncc2C(N)=O)C[C@H]1O. The predicted octanol–water partition coefficient (Wildman–Crippen LogP) is 1.13. The van der Waals surface area contributed by atoms with E-state index in [1.807, 2.05) is 0 Å². The monoisotopic (exact) mass is 349 g/mol. The van der Waals surface area contributed by atoms with E-state index in [2.05, 4.69) is 27.5 Å². The van der Waals surface area contributed by atoms with Gasteiger partial charge in [0.2, 0.25) is 5.95 Å². The number of amides is 1. The van der Waals surface area contributed by atoms with Gasteiger partial charge in [-0.1, -0.05) is 6.92 Å². The van der Waals surface area contributed by atoms with E-state index in [9.17, 15) is 9.90 Å². The number of primary amides is 1. The molecule has 2 fully saturated rings. The first kappa shape index (κ1) is 17.9. The Labute approximate surface area is 147 Å². The number of aliphatic hydroxyl groups is 1. The molecule has 1 aromatic heterocycles. The van der Waals surface area contributed by atoms with Crippen LogP contribution in [0.2, 0.25) is 0 Å². The van der Waals surface area contributed by atoms with E-state index in [1.165, 1.54) is 6.20 Å². The molecular weight excluding hydrogens is 322 g/mol. The molecule has 1 aliphatic carbocycles. The van der Waals surface area contributed by atoms with Crippen LogP contribution in [0.5, 0.6) is 0 Å². The lowest BCUT2D eigenvalue weighted by Crippen LogP contribution is -2.36. The smallest absolute Gasteiger partial charge is 0.254 e. The third-order valence-electron chi connectivity index (χ3n) is 5.10. The molecule has 1 amide bonds. The number of aromatic nitrogens is 2. The fraction of sp³-hybridized carbons (Fsp3) is 0.706. The van der Waals surface area contributed by atoms with E-state index in [0.29, 0.717) is 24.1 Å². The van der Waals surface area contributed by atoms with Crippen LogP contribution in [0, 0.1) is 5.92 Å². The average molecular weight is 349 g/mol. The van der Waals surface area contributed by atoms with Crippen LogP contribution in [0.1, 0.15) is 49.4 Å². The Bertz CT molecular complexity index is 606. The van der Waals surface area contributed by atoms with Crippen LogP contribution < -0.4 is 16.4 Å². The Morgan fingerprint density at radius 2 is 2.00 bits per heavy atom. The van der Waals surface area contributed by atoms with Crippen LogP contribution in [0.3, 0.4) is 0 Å². The van der Waals surface area contributed by atoms with Crippen LogP contribution in [0.15, 0.2) is 6.20 Å². The Morgan fingerprint density at radius 3 is 2.68 bits per heavy atom. The van der Waals surface area contributed by atoms with Crippen molar-refractivity contribution in [1.29, 1.82) is 0 Å². The highest BCUT2D eigenvalue weighted by Gasteiger charge is 2.27. The Kier molecular flexibility index (Phi) is 5.70. The number of anilines is 2. The zero-order valence-corrected chi connectivity index (χ0v) is 14.6. The summed E-state index contributed by atoms with van der Waals surface area (Å²) in [6.07, 6.45) is 5.40. The molecule has 0 aromatic carbocycles. The maximum atomic E-state index is 11.7. The van der Waals surface area contributed by atoms with Crippen LogP contribution in [-0.4, -0.2) is 52.4 Å². The molecule has 1 aromatic rings. The van der Waals surface area contributed by atoms with Crippen LogP contribution >= 0.6 is 0 Å². The fourth-order valence-corrected chi connectivity index (χ4v) is 3.39. The van der Waals surface area contributed by atoms with Gasteiger partial charge >= 0.3 is 0 Å². The third-order valence-corrected chi connectivity index (χ3v) is 5.10. The van der Waals surface area contributed by atoms with E-state index in [4.69, 9.17) is 10.5 Å². The topological polar surface area (TPSA) is 122 Å². The first-order valence-electron chi connectivity index (χ1n) is 8.98.